The Labute approximate surface area is 90.2 Å². The number of hydrogen-bond donors (Lipinski definition) is 1. The number of aromatic amines is 1. The van der Waals surface area contributed by atoms with Crippen LogP contribution in [0.15, 0.2) is 36.8 Å². The molecule has 2 aromatic heterocycles. The van der Waals surface area contributed by atoms with E-state index < -0.39 is 0 Å². The molecule has 0 bridgehead atoms. The average molecular weight is 214 g/mol. The Bertz CT molecular complexity index is 630. The fourth-order valence-electron chi connectivity index (χ4n) is 1.47. The number of H-pyrrole nitrogens is 1. The van der Waals surface area contributed by atoms with Crippen LogP contribution in [0.4, 0.5) is 4.39 Å². The van der Waals surface area contributed by atoms with Crippen LogP contribution in [0.5, 0.6) is 0 Å². The predicted octanol–water partition coefficient (Wildman–Crippen LogP) is 2.16. The molecule has 2 heterocycles. The van der Waals surface area contributed by atoms with Gasteiger partial charge in [0.2, 0.25) is 0 Å². The first-order valence-electron chi connectivity index (χ1n) is 4.75. The summed E-state index contributed by atoms with van der Waals surface area (Å²) < 4.78 is 12.7. The summed E-state index contributed by atoms with van der Waals surface area (Å²) >= 11 is 0. The molecule has 0 amide bonds. The van der Waals surface area contributed by atoms with Gasteiger partial charge in [-0.3, -0.25) is 0 Å². The van der Waals surface area contributed by atoms with Gasteiger partial charge in [0.05, 0.1) is 12.5 Å². The molecule has 1 N–H and O–H groups in total. The van der Waals surface area contributed by atoms with Crippen LogP contribution in [0.1, 0.15) is 0 Å². The molecule has 0 saturated carbocycles. The molecule has 1 aromatic carbocycles. The highest BCUT2D eigenvalue weighted by Gasteiger charge is 2.04. The highest BCUT2D eigenvalue weighted by atomic mass is 19.1. The Balaban J connectivity index is 2.14. The summed E-state index contributed by atoms with van der Waals surface area (Å²) in [5.41, 5.74) is 2.16. The van der Waals surface area contributed by atoms with Crippen LogP contribution < -0.4 is 0 Å². The number of halogens is 1. The third-order valence-electron chi connectivity index (χ3n) is 2.28. The zero-order chi connectivity index (χ0) is 11.0. The van der Waals surface area contributed by atoms with Crippen molar-refractivity contribution < 1.29 is 4.39 Å². The molecule has 3 aromatic rings. The molecule has 0 saturated heterocycles. The minimum absolute atomic E-state index is 0.274. The standard InChI is InChI=1S/C11H7FN4/c12-8-3-1-7(2-4-8)10-13-5-9-11(16-10)15-6-14-9/h1-6H,(H,13,14,15,16). The van der Waals surface area contributed by atoms with E-state index in [-0.39, 0.29) is 5.82 Å². The average Bonchev–Trinajstić information content (AvgIpc) is 2.77. The van der Waals surface area contributed by atoms with Gasteiger partial charge in [-0.1, -0.05) is 0 Å². The van der Waals surface area contributed by atoms with Crippen molar-refractivity contribution in [1.82, 2.24) is 19.9 Å². The lowest BCUT2D eigenvalue weighted by Crippen LogP contribution is -1.89. The highest BCUT2D eigenvalue weighted by molar-refractivity contribution is 5.71. The molecule has 0 atom stereocenters. The molecule has 0 spiro atoms. The van der Waals surface area contributed by atoms with Gasteiger partial charge in [-0.2, -0.15) is 0 Å². The molecule has 4 nitrogen and oxygen atoms in total. The van der Waals surface area contributed by atoms with Crippen molar-refractivity contribution in [3.63, 3.8) is 0 Å². The fraction of sp³-hybridized carbons (Fsp3) is 0. The zero-order valence-corrected chi connectivity index (χ0v) is 8.18. The normalized spacial score (nSPS) is 10.8. The lowest BCUT2D eigenvalue weighted by molar-refractivity contribution is 0.628. The number of nitrogens with zero attached hydrogens (tertiary/aromatic N) is 3. The largest absolute Gasteiger partial charge is 0.342 e. The second-order valence-electron chi connectivity index (χ2n) is 3.34. The number of aromatic nitrogens is 4. The lowest BCUT2D eigenvalue weighted by atomic mass is 10.2. The lowest BCUT2D eigenvalue weighted by Gasteiger charge is -1.98. The van der Waals surface area contributed by atoms with Gasteiger partial charge in [0.15, 0.2) is 11.5 Å². The van der Waals surface area contributed by atoms with E-state index >= 15 is 0 Å². The van der Waals surface area contributed by atoms with Crippen LogP contribution in [0.3, 0.4) is 0 Å². The van der Waals surface area contributed by atoms with Crippen LogP contribution in [0.25, 0.3) is 22.6 Å². The van der Waals surface area contributed by atoms with Crippen LogP contribution in [0, 0.1) is 5.82 Å². The van der Waals surface area contributed by atoms with Gasteiger partial charge in [-0.05, 0) is 24.3 Å². The Hall–Kier alpha value is -2.30. The summed E-state index contributed by atoms with van der Waals surface area (Å²) in [6.45, 7) is 0. The van der Waals surface area contributed by atoms with Crippen LogP contribution in [-0.2, 0) is 0 Å². The summed E-state index contributed by atoms with van der Waals surface area (Å²) in [6.07, 6.45) is 3.22. The van der Waals surface area contributed by atoms with Crippen molar-refractivity contribution in [3.05, 3.63) is 42.6 Å². The monoisotopic (exact) mass is 214 g/mol. The number of nitrogens with one attached hydrogen (secondary N) is 1. The van der Waals surface area contributed by atoms with Gasteiger partial charge in [0, 0.05) is 5.56 Å². The molecule has 16 heavy (non-hydrogen) atoms. The summed E-state index contributed by atoms with van der Waals surface area (Å²) in [4.78, 5) is 15.4. The van der Waals surface area contributed by atoms with Crippen molar-refractivity contribution in [2.24, 2.45) is 0 Å². The van der Waals surface area contributed by atoms with E-state index in [1.807, 2.05) is 0 Å². The van der Waals surface area contributed by atoms with Crippen molar-refractivity contribution in [2.45, 2.75) is 0 Å². The van der Waals surface area contributed by atoms with Crippen molar-refractivity contribution in [2.75, 3.05) is 0 Å². The number of fused-ring (bicyclic) bond motifs is 1. The molecule has 78 valence electrons. The highest BCUT2D eigenvalue weighted by Crippen LogP contribution is 2.16. The predicted molar refractivity (Wildman–Crippen MR) is 57.1 cm³/mol. The minimum atomic E-state index is -0.274. The first-order chi connectivity index (χ1) is 7.83. The second kappa shape index (κ2) is 3.37. The Morgan fingerprint density at radius 2 is 1.88 bits per heavy atom. The van der Waals surface area contributed by atoms with E-state index in [1.54, 1.807) is 24.7 Å². The molecule has 0 aliphatic rings. The van der Waals surface area contributed by atoms with Crippen molar-refractivity contribution >= 4 is 11.2 Å². The molecular weight excluding hydrogens is 207 g/mol. The van der Waals surface area contributed by atoms with Gasteiger partial charge in [-0.25, -0.2) is 19.3 Å². The van der Waals surface area contributed by atoms with Gasteiger partial charge < -0.3 is 4.98 Å². The number of imidazole rings is 1. The van der Waals surface area contributed by atoms with Gasteiger partial charge in [0.25, 0.3) is 0 Å². The molecule has 0 unspecified atom stereocenters. The van der Waals surface area contributed by atoms with Gasteiger partial charge in [-0.15, -0.1) is 0 Å². The number of rotatable bonds is 1. The third kappa shape index (κ3) is 1.42. The van der Waals surface area contributed by atoms with Gasteiger partial charge >= 0.3 is 0 Å². The van der Waals surface area contributed by atoms with Crippen molar-refractivity contribution in [1.29, 1.82) is 0 Å². The Kier molecular flexibility index (Phi) is 1.89. The van der Waals surface area contributed by atoms with E-state index in [9.17, 15) is 4.39 Å². The van der Waals surface area contributed by atoms with E-state index in [2.05, 4.69) is 19.9 Å². The molecule has 3 rings (SSSR count). The maximum Gasteiger partial charge on any atom is 0.181 e. The van der Waals surface area contributed by atoms with Crippen LogP contribution in [0.2, 0.25) is 0 Å². The van der Waals surface area contributed by atoms with Crippen molar-refractivity contribution in [3.8, 4) is 11.4 Å². The Morgan fingerprint density at radius 3 is 2.69 bits per heavy atom. The second-order valence-corrected chi connectivity index (χ2v) is 3.34. The summed E-state index contributed by atoms with van der Waals surface area (Å²) in [7, 11) is 0. The fourth-order valence-corrected chi connectivity index (χ4v) is 1.47. The topological polar surface area (TPSA) is 54.5 Å². The maximum atomic E-state index is 12.7. The molecule has 0 fully saturated rings. The molecule has 0 aliphatic heterocycles. The number of benzene rings is 1. The quantitative estimate of drug-likeness (QED) is 0.675. The first-order valence-corrected chi connectivity index (χ1v) is 4.75. The van der Waals surface area contributed by atoms with Gasteiger partial charge in [0.1, 0.15) is 11.3 Å². The maximum absolute atomic E-state index is 12.7. The third-order valence-corrected chi connectivity index (χ3v) is 2.28. The molecular formula is C11H7FN4. The molecule has 0 aliphatic carbocycles. The minimum Gasteiger partial charge on any atom is -0.342 e. The smallest absolute Gasteiger partial charge is 0.181 e. The zero-order valence-electron chi connectivity index (χ0n) is 8.18. The van der Waals surface area contributed by atoms with E-state index in [4.69, 9.17) is 0 Å². The summed E-state index contributed by atoms with van der Waals surface area (Å²) in [5, 5.41) is 0. The number of hydrogen-bond acceptors (Lipinski definition) is 3. The van der Waals surface area contributed by atoms with Crippen LogP contribution >= 0.6 is 0 Å². The summed E-state index contributed by atoms with van der Waals surface area (Å²) in [6, 6.07) is 6.05. The van der Waals surface area contributed by atoms with Crippen LogP contribution in [-0.4, -0.2) is 19.9 Å². The Morgan fingerprint density at radius 1 is 1.06 bits per heavy atom. The SMILES string of the molecule is Fc1ccc(-c2ncc3[nH]cnc3n2)cc1. The molecule has 0 radical (unpaired) electrons. The summed E-state index contributed by atoms with van der Waals surface area (Å²) in [5.74, 6) is 0.268. The van der Waals surface area contributed by atoms with E-state index in [0.29, 0.717) is 11.5 Å². The van der Waals surface area contributed by atoms with E-state index in [0.717, 1.165) is 11.1 Å². The molecule has 5 heteroatoms. The van der Waals surface area contributed by atoms with E-state index in [1.165, 1.54) is 12.1 Å². The first kappa shape index (κ1) is 8.96.